The fourth-order valence-corrected chi connectivity index (χ4v) is 1.69. The van der Waals surface area contributed by atoms with Gasteiger partial charge in [-0.2, -0.15) is 0 Å². The van der Waals surface area contributed by atoms with Crippen LogP contribution in [0.1, 0.15) is 36.4 Å². The van der Waals surface area contributed by atoms with E-state index in [2.05, 4.69) is 12.1 Å². The van der Waals surface area contributed by atoms with Crippen LogP contribution in [0.5, 0.6) is 5.75 Å². The second kappa shape index (κ2) is 5.69. The lowest BCUT2D eigenvalue weighted by atomic mass is 10.1. The van der Waals surface area contributed by atoms with Gasteiger partial charge < -0.3 is 15.0 Å². The summed E-state index contributed by atoms with van der Waals surface area (Å²) in [5.74, 6) is 1.53. The highest BCUT2D eigenvalue weighted by Crippen LogP contribution is 2.19. The topological polar surface area (TPSA) is 61.3 Å². The highest BCUT2D eigenvalue weighted by atomic mass is 16.5. The Morgan fingerprint density at radius 2 is 2.06 bits per heavy atom. The molecule has 1 atom stereocenters. The molecular formula is C14H18N2O2. The highest BCUT2D eigenvalue weighted by Gasteiger charge is 2.04. The van der Waals surface area contributed by atoms with Crippen molar-refractivity contribution in [1.82, 2.24) is 5.16 Å². The zero-order chi connectivity index (χ0) is 13.0. The maximum Gasteiger partial charge on any atom is 0.174 e. The molecule has 2 aromatic rings. The summed E-state index contributed by atoms with van der Waals surface area (Å²) in [7, 11) is 0. The van der Waals surface area contributed by atoms with Crippen LogP contribution in [0.15, 0.2) is 34.9 Å². The van der Waals surface area contributed by atoms with Gasteiger partial charge >= 0.3 is 0 Å². The number of nitrogens with zero attached hydrogens (tertiary/aromatic N) is 1. The average Bonchev–Trinajstić information content (AvgIpc) is 2.82. The Kier molecular flexibility index (Phi) is 3.99. The molecule has 0 saturated carbocycles. The monoisotopic (exact) mass is 246 g/mol. The van der Waals surface area contributed by atoms with E-state index in [1.54, 1.807) is 0 Å². The normalized spacial score (nSPS) is 12.4. The number of rotatable bonds is 5. The minimum Gasteiger partial charge on any atom is -0.486 e. The fraction of sp³-hybridized carbons (Fsp3) is 0.357. The summed E-state index contributed by atoms with van der Waals surface area (Å²) in [6.45, 7) is 4.34. The van der Waals surface area contributed by atoms with E-state index in [0.29, 0.717) is 6.61 Å². The molecule has 0 aliphatic heterocycles. The molecule has 1 aromatic carbocycles. The van der Waals surface area contributed by atoms with Crippen molar-refractivity contribution in [2.24, 2.45) is 5.73 Å². The summed E-state index contributed by atoms with van der Waals surface area (Å²) >= 11 is 0. The van der Waals surface area contributed by atoms with Crippen molar-refractivity contribution in [2.75, 3.05) is 0 Å². The minimum atomic E-state index is 0.0935. The van der Waals surface area contributed by atoms with Crippen molar-refractivity contribution in [2.45, 2.75) is 32.9 Å². The van der Waals surface area contributed by atoms with Crippen LogP contribution in [0.4, 0.5) is 0 Å². The Bertz CT molecular complexity index is 491. The van der Waals surface area contributed by atoms with E-state index in [-0.39, 0.29) is 6.04 Å². The van der Waals surface area contributed by atoms with E-state index in [1.807, 2.05) is 37.3 Å². The van der Waals surface area contributed by atoms with Crippen LogP contribution in [-0.4, -0.2) is 5.16 Å². The molecule has 0 radical (unpaired) electrons. The van der Waals surface area contributed by atoms with Crippen LogP contribution < -0.4 is 10.5 Å². The molecule has 4 nitrogen and oxygen atoms in total. The van der Waals surface area contributed by atoms with Crippen LogP contribution in [0, 0.1) is 6.92 Å². The number of nitrogens with two attached hydrogens (primary N) is 1. The van der Waals surface area contributed by atoms with Crippen LogP contribution in [-0.2, 0) is 6.61 Å². The number of aryl methyl sites for hydroxylation is 1. The maximum atomic E-state index is 5.95. The standard InChI is InChI=1S/C14H18N2O2/c1-3-14(15)11-4-6-12(7-5-11)17-9-13-8-10(2)16-18-13/h4-8,14H,3,9,15H2,1-2H3/t14-/m0/s1. The highest BCUT2D eigenvalue weighted by molar-refractivity contribution is 5.29. The molecule has 2 N–H and O–H groups in total. The van der Waals surface area contributed by atoms with Gasteiger partial charge in [0.05, 0.1) is 5.69 Å². The molecule has 96 valence electrons. The molecule has 0 unspecified atom stereocenters. The summed E-state index contributed by atoms with van der Waals surface area (Å²) in [5, 5.41) is 3.81. The minimum absolute atomic E-state index is 0.0935. The second-order valence-corrected chi connectivity index (χ2v) is 4.31. The van der Waals surface area contributed by atoms with Gasteiger partial charge in [0.2, 0.25) is 0 Å². The quantitative estimate of drug-likeness (QED) is 0.881. The van der Waals surface area contributed by atoms with Gasteiger partial charge in [0.1, 0.15) is 12.4 Å². The summed E-state index contributed by atoms with van der Waals surface area (Å²) in [6.07, 6.45) is 0.928. The Hall–Kier alpha value is -1.81. The van der Waals surface area contributed by atoms with Crippen molar-refractivity contribution in [3.8, 4) is 5.75 Å². The van der Waals surface area contributed by atoms with E-state index >= 15 is 0 Å². The van der Waals surface area contributed by atoms with Crippen molar-refractivity contribution in [3.05, 3.63) is 47.3 Å². The lowest BCUT2D eigenvalue weighted by Gasteiger charge is -2.10. The van der Waals surface area contributed by atoms with E-state index in [0.717, 1.165) is 29.2 Å². The van der Waals surface area contributed by atoms with Gasteiger partial charge in [0, 0.05) is 12.1 Å². The van der Waals surface area contributed by atoms with Crippen LogP contribution in [0.2, 0.25) is 0 Å². The lowest BCUT2D eigenvalue weighted by molar-refractivity contribution is 0.248. The molecule has 1 aromatic heterocycles. The third kappa shape index (κ3) is 3.11. The molecule has 0 fully saturated rings. The average molecular weight is 246 g/mol. The lowest BCUT2D eigenvalue weighted by Crippen LogP contribution is -2.08. The molecule has 0 saturated heterocycles. The van der Waals surface area contributed by atoms with E-state index in [9.17, 15) is 0 Å². The first kappa shape index (κ1) is 12.6. The number of benzene rings is 1. The summed E-state index contributed by atoms with van der Waals surface area (Å²) < 4.78 is 10.7. The third-order valence-corrected chi connectivity index (χ3v) is 2.81. The van der Waals surface area contributed by atoms with Crippen molar-refractivity contribution in [1.29, 1.82) is 0 Å². The molecule has 0 aliphatic rings. The number of ether oxygens (including phenoxy) is 1. The van der Waals surface area contributed by atoms with Crippen molar-refractivity contribution < 1.29 is 9.26 Å². The zero-order valence-corrected chi connectivity index (χ0v) is 10.7. The predicted molar refractivity (Wildman–Crippen MR) is 69.2 cm³/mol. The predicted octanol–water partition coefficient (Wildman–Crippen LogP) is 2.97. The SMILES string of the molecule is CC[C@H](N)c1ccc(OCc2cc(C)no2)cc1. The van der Waals surface area contributed by atoms with Gasteiger partial charge in [-0.15, -0.1) is 0 Å². The molecular weight excluding hydrogens is 228 g/mol. The van der Waals surface area contributed by atoms with Gasteiger partial charge in [0.15, 0.2) is 5.76 Å². The first-order valence-electron chi connectivity index (χ1n) is 6.09. The van der Waals surface area contributed by atoms with Gasteiger partial charge in [-0.05, 0) is 31.0 Å². The molecule has 0 bridgehead atoms. The first-order valence-corrected chi connectivity index (χ1v) is 6.09. The summed E-state index contributed by atoms with van der Waals surface area (Å²) in [5.41, 5.74) is 7.93. The zero-order valence-electron chi connectivity index (χ0n) is 10.7. The van der Waals surface area contributed by atoms with E-state index in [1.165, 1.54) is 0 Å². The number of hydrogen-bond acceptors (Lipinski definition) is 4. The molecule has 2 rings (SSSR count). The van der Waals surface area contributed by atoms with Gasteiger partial charge in [-0.25, -0.2) is 0 Å². The Balaban J connectivity index is 1.94. The fourth-order valence-electron chi connectivity index (χ4n) is 1.69. The van der Waals surface area contributed by atoms with Crippen LogP contribution >= 0.6 is 0 Å². The molecule has 0 aliphatic carbocycles. The number of hydrogen-bond donors (Lipinski definition) is 1. The first-order chi connectivity index (χ1) is 8.69. The Labute approximate surface area is 107 Å². The summed E-state index contributed by atoms with van der Waals surface area (Å²) in [4.78, 5) is 0. The van der Waals surface area contributed by atoms with Gasteiger partial charge in [-0.3, -0.25) is 0 Å². The summed E-state index contributed by atoms with van der Waals surface area (Å²) in [6, 6.07) is 9.80. The Morgan fingerprint density at radius 3 is 2.61 bits per heavy atom. The van der Waals surface area contributed by atoms with E-state index < -0.39 is 0 Å². The second-order valence-electron chi connectivity index (χ2n) is 4.31. The van der Waals surface area contributed by atoms with Crippen molar-refractivity contribution >= 4 is 0 Å². The third-order valence-electron chi connectivity index (χ3n) is 2.81. The van der Waals surface area contributed by atoms with Crippen molar-refractivity contribution in [3.63, 3.8) is 0 Å². The Morgan fingerprint density at radius 1 is 1.33 bits per heavy atom. The van der Waals surface area contributed by atoms with Crippen LogP contribution in [0.25, 0.3) is 0 Å². The molecule has 18 heavy (non-hydrogen) atoms. The molecule has 4 heteroatoms. The van der Waals surface area contributed by atoms with Gasteiger partial charge in [0.25, 0.3) is 0 Å². The largest absolute Gasteiger partial charge is 0.486 e. The molecule has 0 amide bonds. The van der Waals surface area contributed by atoms with E-state index in [4.69, 9.17) is 15.0 Å². The molecule has 1 heterocycles. The number of aromatic nitrogens is 1. The maximum absolute atomic E-state index is 5.95. The van der Waals surface area contributed by atoms with Crippen LogP contribution in [0.3, 0.4) is 0 Å². The smallest absolute Gasteiger partial charge is 0.174 e. The molecule has 0 spiro atoms. The van der Waals surface area contributed by atoms with Gasteiger partial charge in [-0.1, -0.05) is 24.2 Å².